The summed E-state index contributed by atoms with van der Waals surface area (Å²) in [5, 5.41) is 10.1. The first kappa shape index (κ1) is 12.1. The van der Waals surface area contributed by atoms with Gasteiger partial charge in [-0.3, -0.25) is 5.10 Å². The van der Waals surface area contributed by atoms with E-state index in [0.29, 0.717) is 11.3 Å². The summed E-state index contributed by atoms with van der Waals surface area (Å²) in [5.74, 6) is 0.472. The molecule has 0 spiro atoms. The van der Waals surface area contributed by atoms with Crippen LogP contribution in [0.5, 0.6) is 0 Å². The zero-order valence-electron chi connectivity index (χ0n) is 9.43. The Balaban J connectivity index is 2.27. The van der Waals surface area contributed by atoms with E-state index in [1.54, 1.807) is 18.2 Å². The molecular weight excluding hydrogens is 285 g/mol. The molecule has 0 fully saturated rings. The SMILES string of the molecule is CCCNc1cc(-c2cc(Br)ccc2F)[nH]n1. The summed E-state index contributed by atoms with van der Waals surface area (Å²) in [7, 11) is 0. The lowest BCUT2D eigenvalue weighted by molar-refractivity contribution is 0.630. The number of hydrogen-bond acceptors (Lipinski definition) is 2. The highest BCUT2D eigenvalue weighted by molar-refractivity contribution is 9.10. The molecule has 0 radical (unpaired) electrons. The Bertz CT molecular complexity index is 510. The van der Waals surface area contributed by atoms with Crippen molar-refractivity contribution in [3.8, 4) is 11.3 Å². The minimum absolute atomic E-state index is 0.265. The second kappa shape index (κ2) is 5.31. The van der Waals surface area contributed by atoms with Crippen LogP contribution in [0.15, 0.2) is 28.7 Å². The van der Waals surface area contributed by atoms with Crippen LogP contribution in [0, 0.1) is 5.82 Å². The molecule has 1 aromatic carbocycles. The molecule has 5 heteroatoms. The summed E-state index contributed by atoms with van der Waals surface area (Å²) < 4.78 is 14.5. The van der Waals surface area contributed by atoms with Gasteiger partial charge in [-0.2, -0.15) is 5.10 Å². The zero-order valence-corrected chi connectivity index (χ0v) is 11.0. The maximum Gasteiger partial charge on any atom is 0.148 e. The summed E-state index contributed by atoms with van der Waals surface area (Å²) in [6.45, 7) is 2.93. The fourth-order valence-corrected chi connectivity index (χ4v) is 1.87. The molecule has 1 heterocycles. The third-order valence-corrected chi connectivity index (χ3v) is 2.85. The van der Waals surface area contributed by atoms with Crippen LogP contribution >= 0.6 is 15.9 Å². The van der Waals surface area contributed by atoms with E-state index in [2.05, 4.69) is 38.4 Å². The summed E-state index contributed by atoms with van der Waals surface area (Å²) >= 11 is 3.33. The number of nitrogens with one attached hydrogen (secondary N) is 2. The van der Waals surface area contributed by atoms with E-state index in [0.717, 1.165) is 23.3 Å². The van der Waals surface area contributed by atoms with Gasteiger partial charge in [-0.05, 0) is 24.6 Å². The van der Waals surface area contributed by atoms with E-state index in [1.807, 2.05) is 0 Å². The van der Waals surface area contributed by atoms with E-state index in [1.165, 1.54) is 6.07 Å². The quantitative estimate of drug-likeness (QED) is 0.901. The molecule has 3 nitrogen and oxygen atoms in total. The van der Waals surface area contributed by atoms with E-state index >= 15 is 0 Å². The lowest BCUT2D eigenvalue weighted by Crippen LogP contribution is -1.99. The predicted molar refractivity (Wildman–Crippen MR) is 70.5 cm³/mol. The van der Waals surface area contributed by atoms with Crippen molar-refractivity contribution >= 4 is 21.7 Å². The van der Waals surface area contributed by atoms with Gasteiger partial charge in [-0.15, -0.1) is 0 Å². The number of rotatable bonds is 4. The molecule has 0 atom stereocenters. The monoisotopic (exact) mass is 297 g/mol. The average Bonchev–Trinajstić information content (AvgIpc) is 2.78. The molecule has 0 aliphatic carbocycles. The van der Waals surface area contributed by atoms with Crippen molar-refractivity contribution in [2.75, 3.05) is 11.9 Å². The minimum Gasteiger partial charge on any atom is -0.369 e. The van der Waals surface area contributed by atoms with Crippen molar-refractivity contribution in [3.63, 3.8) is 0 Å². The number of anilines is 1. The number of aromatic amines is 1. The van der Waals surface area contributed by atoms with Crippen molar-refractivity contribution in [1.82, 2.24) is 10.2 Å². The van der Waals surface area contributed by atoms with Crippen LogP contribution in [0.2, 0.25) is 0 Å². The number of H-pyrrole nitrogens is 1. The van der Waals surface area contributed by atoms with Crippen LogP contribution in [0.1, 0.15) is 13.3 Å². The van der Waals surface area contributed by atoms with Crippen LogP contribution in [-0.4, -0.2) is 16.7 Å². The maximum absolute atomic E-state index is 13.6. The van der Waals surface area contributed by atoms with E-state index in [-0.39, 0.29) is 5.82 Å². The molecule has 1 aromatic heterocycles. The molecule has 2 N–H and O–H groups in total. The van der Waals surface area contributed by atoms with Crippen molar-refractivity contribution in [2.24, 2.45) is 0 Å². The molecule has 0 unspecified atom stereocenters. The number of hydrogen-bond donors (Lipinski definition) is 2. The molecule has 0 aliphatic rings. The van der Waals surface area contributed by atoms with Gasteiger partial charge in [0, 0.05) is 22.6 Å². The van der Waals surface area contributed by atoms with E-state index in [4.69, 9.17) is 0 Å². The molecule has 90 valence electrons. The standard InChI is InChI=1S/C12H13BrFN3/c1-2-5-15-12-7-11(16-17-12)9-6-8(13)3-4-10(9)14/h3-4,6-7H,2,5H2,1H3,(H2,15,16,17). The normalized spacial score (nSPS) is 10.5. The van der Waals surface area contributed by atoms with Crippen LogP contribution in [0.4, 0.5) is 10.2 Å². The van der Waals surface area contributed by atoms with Crippen LogP contribution in [0.25, 0.3) is 11.3 Å². The molecule has 17 heavy (non-hydrogen) atoms. The third kappa shape index (κ3) is 2.85. The van der Waals surface area contributed by atoms with Crippen LogP contribution in [-0.2, 0) is 0 Å². The highest BCUT2D eigenvalue weighted by atomic mass is 79.9. The Hall–Kier alpha value is -1.36. The van der Waals surface area contributed by atoms with Crippen molar-refractivity contribution in [3.05, 3.63) is 34.6 Å². The highest BCUT2D eigenvalue weighted by Crippen LogP contribution is 2.26. The molecule has 0 amide bonds. The second-order valence-corrected chi connectivity index (χ2v) is 4.63. The first-order valence-corrected chi connectivity index (χ1v) is 6.24. The third-order valence-electron chi connectivity index (χ3n) is 2.35. The highest BCUT2D eigenvalue weighted by Gasteiger charge is 2.08. The van der Waals surface area contributed by atoms with E-state index < -0.39 is 0 Å². The predicted octanol–water partition coefficient (Wildman–Crippen LogP) is 3.80. The molecule has 2 rings (SSSR count). The Kier molecular flexibility index (Phi) is 3.78. The minimum atomic E-state index is -0.265. The van der Waals surface area contributed by atoms with Gasteiger partial charge in [0.25, 0.3) is 0 Å². The first-order valence-electron chi connectivity index (χ1n) is 5.45. The van der Waals surface area contributed by atoms with E-state index in [9.17, 15) is 4.39 Å². The average molecular weight is 298 g/mol. The Morgan fingerprint density at radius 1 is 1.41 bits per heavy atom. The molecule has 0 bridgehead atoms. The number of nitrogens with zero attached hydrogens (tertiary/aromatic N) is 1. The van der Waals surface area contributed by atoms with Gasteiger partial charge in [0.2, 0.25) is 0 Å². The van der Waals surface area contributed by atoms with Crippen molar-refractivity contribution < 1.29 is 4.39 Å². The van der Waals surface area contributed by atoms with Gasteiger partial charge >= 0.3 is 0 Å². The maximum atomic E-state index is 13.6. The Morgan fingerprint density at radius 3 is 3.00 bits per heavy atom. The molecular formula is C12H13BrFN3. The van der Waals surface area contributed by atoms with Crippen molar-refractivity contribution in [2.45, 2.75) is 13.3 Å². The fraction of sp³-hybridized carbons (Fsp3) is 0.250. The summed E-state index contributed by atoms with van der Waals surface area (Å²) in [6.07, 6.45) is 1.02. The summed E-state index contributed by atoms with van der Waals surface area (Å²) in [5.41, 5.74) is 1.18. The molecule has 0 aliphatic heterocycles. The first-order chi connectivity index (χ1) is 8.20. The number of halogens is 2. The van der Waals surface area contributed by atoms with Gasteiger partial charge in [-0.1, -0.05) is 22.9 Å². The second-order valence-electron chi connectivity index (χ2n) is 3.72. The van der Waals surface area contributed by atoms with Crippen LogP contribution < -0.4 is 5.32 Å². The largest absolute Gasteiger partial charge is 0.369 e. The van der Waals surface area contributed by atoms with Gasteiger partial charge in [0.15, 0.2) is 0 Å². The summed E-state index contributed by atoms with van der Waals surface area (Å²) in [4.78, 5) is 0. The summed E-state index contributed by atoms with van der Waals surface area (Å²) in [6, 6.07) is 6.64. The smallest absolute Gasteiger partial charge is 0.148 e. The number of benzene rings is 1. The lowest BCUT2D eigenvalue weighted by Gasteiger charge is -2.00. The topological polar surface area (TPSA) is 40.7 Å². The van der Waals surface area contributed by atoms with Crippen LogP contribution in [0.3, 0.4) is 0 Å². The van der Waals surface area contributed by atoms with Gasteiger partial charge in [0.1, 0.15) is 11.6 Å². The number of aromatic nitrogens is 2. The fourth-order valence-electron chi connectivity index (χ4n) is 1.51. The van der Waals surface area contributed by atoms with Gasteiger partial charge in [-0.25, -0.2) is 4.39 Å². The lowest BCUT2D eigenvalue weighted by atomic mass is 10.1. The van der Waals surface area contributed by atoms with Gasteiger partial charge in [0.05, 0.1) is 5.69 Å². The Labute approximate surface area is 108 Å². The molecule has 0 saturated heterocycles. The molecule has 0 saturated carbocycles. The Morgan fingerprint density at radius 2 is 2.24 bits per heavy atom. The van der Waals surface area contributed by atoms with Gasteiger partial charge < -0.3 is 5.32 Å². The zero-order chi connectivity index (χ0) is 12.3. The molecule has 2 aromatic rings. The van der Waals surface area contributed by atoms with Crippen molar-refractivity contribution in [1.29, 1.82) is 0 Å².